The van der Waals surface area contributed by atoms with Crippen molar-refractivity contribution < 1.29 is 22.7 Å². The molecule has 2 N–H and O–H groups in total. The van der Waals surface area contributed by atoms with Crippen molar-refractivity contribution in [3.05, 3.63) is 29.3 Å². The fourth-order valence-corrected chi connectivity index (χ4v) is 2.57. The van der Waals surface area contributed by atoms with E-state index in [4.69, 9.17) is 20.4 Å². The molecule has 1 rings (SSSR count). The Morgan fingerprint density at radius 3 is 2.27 bits per heavy atom. The molecule has 0 heterocycles. The lowest BCUT2D eigenvalue weighted by Crippen LogP contribution is -2.36. The molecule has 1 aromatic carbocycles. The Bertz CT molecular complexity index is 850. The Balaban J connectivity index is 2.83. The average Bonchev–Trinajstić information content (AvgIpc) is 2.58. The number of sulfonamides is 1. The maximum Gasteiger partial charge on any atom is 0.338 e. The number of nitriles is 2. The quantitative estimate of drug-likeness (QED) is 0.644. The lowest BCUT2D eigenvalue weighted by Gasteiger charge is -2.20. The molecule has 0 spiro atoms. The first-order valence-electron chi connectivity index (χ1n) is 7.53. The number of primary sulfonamides is 1. The van der Waals surface area contributed by atoms with Gasteiger partial charge in [0, 0.05) is 13.1 Å². The largest absolute Gasteiger partial charge is 0.452 e. The van der Waals surface area contributed by atoms with Crippen LogP contribution in [0.1, 0.15) is 28.8 Å². The van der Waals surface area contributed by atoms with Crippen LogP contribution in [0.4, 0.5) is 0 Å². The molecule has 0 unspecified atom stereocenters. The third kappa shape index (κ3) is 6.16. The molecule has 0 aliphatic rings. The first-order valence-corrected chi connectivity index (χ1v) is 9.07. The second-order valence-electron chi connectivity index (χ2n) is 5.29. The Labute approximate surface area is 151 Å². The number of hydrogen-bond acceptors (Lipinski definition) is 7. The van der Waals surface area contributed by atoms with Crippen LogP contribution in [0.3, 0.4) is 0 Å². The van der Waals surface area contributed by atoms with Crippen molar-refractivity contribution in [3.8, 4) is 12.1 Å². The number of hydrogen-bond donors (Lipinski definition) is 1. The summed E-state index contributed by atoms with van der Waals surface area (Å²) in [5.41, 5.74) is 0.436. The van der Waals surface area contributed by atoms with Crippen LogP contribution in [0.25, 0.3) is 0 Å². The number of benzene rings is 1. The highest BCUT2D eigenvalue weighted by Crippen LogP contribution is 2.15. The van der Waals surface area contributed by atoms with E-state index in [-0.39, 0.29) is 36.4 Å². The molecule has 1 aromatic rings. The number of rotatable bonds is 8. The molecule has 0 fully saturated rings. The monoisotopic (exact) mass is 378 g/mol. The zero-order valence-corrected chi connectivity index (χ0v) is 15.0. The summed E-state index contributed by atoms with van der Waals surface area (Å²) in [6.45, 7) is 1.23. The van der Waals surface area contributed by atoms with Crippen molar-refractivity contribution in [2.75, 3.05) is 19.7 Å². The van der Waals surface area contributed by atoms with Gasteiger partial charge in [-0.25, -0.2) is 18.4 Å². The van der Waals surface area contributed by atoms with Gasteiger partial charge in [-0.2, -0.15) is 10.5 Å². The van der Waals surface area contributed by atoms with Gasteiger partial charge in [0.15, 0.2) is 6.61 Å². The Hall–Kier alpha value is -2.95. The summed E-state index contributed by atoms with van der Waals surface area (Å²) >= 11 is 0. The molecule has 0 bridgehead atoms. The van der Waals surface area contributed by atoms with Gasteiger partial charge in [-0.15, -0.1) is 0 Å². The highest BCUT2D eigenvalue weighted by atomic mass is 32.2. The minimum Gasteiger partial charge on any atom is -0.452 e. The molecular weight excluding hydrogens is 360 g/mol. The van der Waals surface area contributed by atoms with Crippen LogP contribution in [0, 0.1) is 29.6 Å². The molecule has 138 valence electrons. The Kier molecular flexibility index (Phi) is 7.72. The summed E-state index contributed by atoms with van der Waals surface area (Å²) in [4.78, 5) is 25.3. The van der Waals surface area contributed by atoms with Crippen LogP contribution >= 0.6 is 0 Å². The van der Waals surface area contributed by atoms with Crippen molar-refractivity contribution in [1.29, 1.82) is 10.5 Å². The van der Waals surface area contributed by atoms with Crippen molar-refractivity contribution >= 4 is 21.9 Å². The second-order valence-corrected chi connectivity index (χ2v) is 6.86. The second kappa shape index (κ2) is 9.51. The van der Waals surface area contributed by atoms with E-state index in [1.165, 1.54) is 17.0 Å². The van der Waals surface area contributed by atoms with Gasteiger partial charge in [-0.1, -0.05) is 6.07 Å². The maximum atomic E-state index is 12.2. The first-order chi connectivity index (χ1) is 12.2. The van der Waals surface area contributed by atoms with Gasteiger partial charge < -0.3 is 9.64 Å². The van der Waals surface area contributed by atoms with Crippen molar-refractivity contribution in [2.24, 2.45) is 5.14 Å². The summed E-state index contributed by atoms with van der Waals surface area (Å²) in [5, 5.41) is 22.3. The maximum absolute atomic E-state index is 12.2. The van der Waals surface area contributed by atoms with E-state index >= 15 is 0 Å². The molecule has 0 aromatic heterocycles. The van der Waals surface area contributed by atoms with E-state index in [0.29, 0.717) is 5.56 Å². The number of carbonyl (C=O) groups is 2. The van der Waals surface area contributed by atoms with Gasteiger partial charge in [-0.3, -0.25) is 4.79 Å². The van der Waals surface area contributed by atoms with Gasteiger partial charge in [-0.05, 0) is 24.6 Å². The molecule has 0 saturated heterocycles. The Morgan fingerprint density at radius 1 is 1.19 bits per heavy atom. The van der Waals surface area contributed by atoms with Crippen LogP contribution in [-0.2, 0) is 19.6 Å². The molecule has 26 heavy (non-hydrogen) atoms. The SMILES string of the molecule is Cc1ccc(S(N)(=O)=O)cc1C(=O)OCC(=O)N(CCC#N)CCC#N. The fraction of sp³-hybridized carbons (Fsp3) is 0.375. The number of nitrogens with zero attached hydrogens (tertiary/aromatic N) is 3. The standard InChI is InChI=1S/C16H18N4O5S/c1-12-4-5-13(26(19,23)24)10-14(12)16(22)25-11-15(21)20(8-2-6-17)9-3-7-18/h4-5,10H,2-3,8-9,11H2,1H3,(H2,19,23,24). The van der Waals surface area contributed by atoms with Crippen LogP contribution in [-0.4, -0.2) is 44.9 Å². The highest BCUT2D eigenvalue weighted by molar-refractivity contribution is 7.89. The van der Waals surface area contributed by atoms with E-state index in [2.05, 4.69) is 0 Å². The van der Waals surface area contributed by atoms with Gasteiger partial charge >= 0.3 is 5.97 Å². The molecule has 10 heteroatoms. The summed E-state index contributed by atoms with van der Waals surface area (Å²) in [6.07, 6.45) is 0.168. The number of aryl methyl sites for hydroxylation is 1. The molecule has 1 amide bonds. The molecule has 0 saturated carbocycles. The summed E-state index contributed by atoms with van der Waals surface area (Å²) in [6, 6.07) is 7.54. The number of nitrogens with two attached hydrogens (primary N) is 1. The molecule has 0 aliphatic heterocycles. The fourth-order valence-electron chi connectivity index (χ4n) is 2.03. The number of amides is 1. The highest BCUT2D eigenvalue weighted by Gasteiger charge is 2.19. The third-order valence-electron chi connectivity index (χ3n) is 3.42. The van der Waals surface area contributed by atoms with Crippen LogP contribution in [0.5, 0.6) is 0 Å². The zero-order chi connectivity index (χ0) is 19.7. The normalized spacial score (nSPS) is 10.5. The van der Waals surface area contributed by atoms with Crippen LogP contribution < -0.4 is 5.14 Å². The van der Waals surface area contributed by atoms with E-state index in [9.17, 15) is 18.0 Å². The summed E-state index contributed by atoms with van der Waals surface area (Å²) < 4.78 is 27.7. The predicted octanol–water partition coefficient (Wildman–Crippen LogP) is 0.455. The molecule has 9 nitrogen and oxygen atoms in total. The average molecular weight is 378 g/mol. The number of esters is 1. The number of ether oxygens (including phenoxy) is 1. The lowest BCUT2D eigenvalue weighted by atomic mass is 10.1. The third-order valence-corrected chi connectivity index (χ3v) is 4.33. The van der Waals surface area contributed by atoms with Crippen molar-refractivity contribution in [2.45, 2.75) is 24.7 Å². The summed E-state index contributed by atoms with van der Waals surface area (Å²) in [5.74, 6) is -1.43. The molecular formula is C16H18N4O5S. The molecule has 0 atom stereocenters. The van der Waals surface area contributed by atoms with Gasteiger partial charge in [0.05, 0.1) is 35.4 Å². The lowest BCUT2D eigenvalue weighted by molar-refractivity contribution is -0.134. The van der Waals surface area contributed by atoms with Crippen molar-refractivity contribution in [3.63, 3.8) is 0 Å². The van der Waals surface area contributed by atoms with E-state index < -0.39 is 28.5 Å². The first kappa shape index (κ1) is 21.1. The van der Waals surface area contributed by atoms with E-state index in [0.717, 1.165) is 6.07 Å². The zero-order valence-electron chi connectivity index (χ0n) is 14.1. The number of carbonyl (C=O) groups excluding carboxylic acids is 2. The Morgan fingerprint density at radius 2 is 1.77 bits per heavy atom. The van der Waals surface area contributed by atoms with Crippen LogP contribution in [0.2, 0.25) is 0 Å². The van der Waals surface area contributed by atoms with Gasteiger partial charge in [0.25, 0.3) is 5.91 Å². The minimum absolute atomic E-state index is 0.0232. The topological polar surface area (TPSA) is 154 Å². The smallest absolute Gasteiger partial charge is 0.338 e. The van der Waals surface area contributed by atoms with Crippen molar-refractivity contribution in [1.82, 2.24) is 4.90 Å². The van der Waals surface area contributed by atoms with E-state index in [1.807, 2.05) is 12.1 Å². The van der Waals surface area contributed by atoms with Crippen LogP contribution in [0.15, 0.2) is 23.1 Å². The van der Waals surface area contributed by atoms with Gasteiger partial charge in [0.2, 0.25) is 10.0 Å². The van der Waals surface area contributed by atoms with Gasteiger partial charge in [0.1, 0.15) is 0 Å². The predicted molar refractivity (Wildman–Crippen MR) is 89.9 cm³/mol. The minimum atomic E-state index is -3.99. The van der Waals surface area contributed by atoms with E-state index in [1.54, 1.807) is 6.92 Å². The summed E-state index contributed by atoms with van der Waals surface area (Å²) in [7, 11) is -3.99. The molecule has 0 aliphatic carbocycles. The molecule has 0 radical (unpaired) electrons.